The molecule has 1 unspecified atom stereocenters. The Morgan fingerprint density at radius 1 is 1.25 bits per heavy atom. The van der Waals surface area contributed by atoms with Crippen molar-refractivity contribution in [2.75, 3.05) is 26.8 Å². The molecule has 1 amide bonds. The third-order valence-corrected chi connectivity index (χ3v) is 5.05. The molecule has 1 fully saturated rings. The number of carbonyl (C=O) groups excluding carboxylic acids is 2. The number of methoxy groups -OCH3 is 1. The van der Waals surface area contributed by atoms with E-state index in [0.717, 1.165) is 0 Å². The van der Waals surface area contributed by atoms with Crippen molar-refractivity contribution in [2.24, 2.45) is 5.41 Å². The van der Waals surface area contributed by atoms with Crippen molar-refractivity contribution in [3.8, 4) is 5.95 Å². The van der Waals surface area contributed by atoms with E-state index in [0.29, 0.717) is 24.9 Å². The van der Waals surface area contributed by atoms with Gasteiger partial charge in [-0.3, -0.25) is 9.59 Å². The molecule has 1 aromatic heterocycles. The van der Waals surface area contributed by atoms with Gasteiger partial charge in [-0.1, -0.05) is 18.2 Å². The smallest absolute Gasteiger partial charge is 0.314 e. The molecule has 0 radical (unpaired) electrons. The molecule has 0 saturated carbocycles. The fourth-order valence-electron chi connectivity index (χ4n) is 3.68. The van der Waals surface area contributed by atoms with Gasteiger partial charge >= 0.3 is 5.97 Å². The van der Waals surface area contributed by atoms with E-state index in [1.54, 1.807) is 42.2 Å². The van der Waals surface area contributed by atoms with Crippen LogP contribution < -0.4 is 4.74 Å². The summed E-state index contributed by atoms with van der Waals surface area (Å²) in [6.45, 7) is 2.58. The Labute approximate surface area is 163 Å². The molecule has 28 heavy (non-hydrogen) atoms. The number of carbonyl (C=O) groups is 2. The summed E-state index contributed by atoms with van der Waals surface area (Å²) in [5.41, 5.74) is -0.562. The summed E-state index contributed by atoms with van der Waals surface area (Å²) in [5, 5.41) is 0. The maximum Gasteiger partial charge on any atom is 0.314 e. The average molecular weight is 389 g/mol. The van der Waals surface area contributed by atoms with Crippen molar-refractivity contribution in [1.82, 2.24) is 4.90 Å². The number of esters is 1. The third kappa shape index (κ3) is 4.03. The molecule has 0 N–H and O–H groups in total. The second-order valence-electron chi connectivity index (χ2n) is 6.92. The van der Waals surface area contributed by atoms with E-state index in [4.69, 9.17) is 13.9 Å². The van der Waals surface area contributed by atoms with Gasteiger partial charge in [0.1, 0.15) is 5.82 Å². The molecule has 3 rings (SSSR count). The highest BCUT2D eigenvalue weighted by molar-refractivity contribution is 5.92. The molecule has 0 aliphatic carbocycles. The first-order valence-corrected chi connectivity index (χ1v) is 9.33. The SMILES string of the molecule is CCOC(=O)C1(Cc2ccccc2F)CCCN(C(=O)c2ccc(OC)o2)C1. The first-order valence-electron chi connectivity index (χ1n) is 9.33. The normalized spacial score (nSPS) is 19.3. The van der Waals surface area contributed by atoms with E-state index in [9.17, 15) is 14.0 Å². The molecule has 6 nitrogen and oxygen atoms in total. The van der Waals surface area contributed by atoms with Crippen LogP contribution in [0.4, 0.5) is 4.39 Å². The van der Waals surface area contributed by atoms with Gasteiger partial charge in [-0.15, -0.1) is 0 Å². The molecule has 7 heteroatoms. The van der Waals surface area contributed by atoms with E-state index in [1.165, 1.54) is 13.2 Å². The molecule has 2 aromatic rings. The minimum absolute atomic E-state index is 0.141. The van der Waals surface area contributed by atoms with E-state index >= 15 is 0 Å². The lowest BCUT2D eigenvalue weighted by atomic mass is 9.75. The largest absolute Gasteiger partial charge is 0.468 e. The van der Waals surface area contributed by atoms with Crippen LogP contribution in [-0.2, 0) is 16.0 Å². The molecule has 2 heterocycles. The summed E-state index contributed by atoms with van der Waals surface area (Å²) in [4.78, 5) is 27.3. The number of piperidine rings is 1. The molecule has 1 aliphatic heterocycles. The van der Waals surface area contributed by atoms with Gasteiger partial charge in [-0.05, 0) is 43.9 Å². The molecule has 1 saturated heterocycles. The number of amides is 1. The van der Waals surface area contributed by atoms with Crippen LogP contribution in [0.3, 0.4) is 0 Å². The van der Waals surface area contributed by atoms with Gasteiger partial charge in [0.2, 0.25) is 0 Å². The number of likely N-dealkylation sites (tertiary alicyclic amines) is 1. The van der Waals surface area contributed by atoms with Crippen molar-refractivity contribution in [2.45, 2.75) is 26.2 Å². The highest BCUT2D eigenvalue weighted by atomic mass is 19.1. The second kappa shape index (κ2) is 8.46. The van der Waals surface area contributed by atoms with Crippen LogP contribution >= 0.6 is 0 Å². The van der Waals surface area contributed by atoms with Gasteiger partial charge in [0.25, 0.3) is 11.9 Å². The van der Waals surface area contributed by atoms with Crippen molar-refractivity contribution < 1.29 is 27.9 Å². The minimum Gasteiger partial charge on any atom is -0.468 e. The zero-order valence-electron chi connectivity index (χ0n) is 16.1. The molecular formula is C21H24FNO5. The predicted molar refractivity (Wildman–Crippen MR) is 99.6 cm³/mol. The van der Waals surface area contributed by atoms with E-state index < -0.39 is 11.4 Å². The number of nitrogens with zero attached hydrogens (tertiary/aromatic N) is 1. The molecular weight excluding hydrogens is 365 g/mol. The first kappa shape index (κ1) is 19.9. The maximum atomic E-state index is 14.3. The standard InChI is InChI=1S/C21H24FNO5/c1-3-27-20(25)21(13-15-7-4-5-8-16(15)22)11-6-12-23(14-21)19(24)17-9-10-18(26-2)28-17/h4-5,7-10H,3,6,11-14H2,1-2H3. The van der Waals surface area contributed by atoms with Crippen LogP contribution in [0.15, 0.2) is 40.8 Å². The molecule has 0 spiro atoms. The summed E-state index contributed by atoms with van der Waals surface area (Å²) in [5.74, 6) is -0.728. The highest BCUT2D eigenvalue weighted by Gasteiger charge is 2.45. The van der Waals surface area contributed by atoms with Gasteiger partial charge in [-0.25, -0.2) is 4.39 Å². The Balaban J connectivity index is 1.87. The number of hydrogen-bond acceptors (Lipinski definition) is 5. The van der Waals surface area contributed by atoms with Gasteiger partial charge in [0, 0.05) is 19.2 Å². The van der Waals surface area contributed by atoms with Crippen LogP contribution in [0.1, 0.15) is 35.9 Å². The Kier molecular flexibility index (Phi) is 6.02. The lowest BCUT2D eigenvalue weighted by Crippen LogP contribution is -2.51. The molecule has 1 aliphatic rings. The van der Waals surface area contributed by atoms with E-state index in [2.05, 4.69) is 0 Å². The van der Waals surface area contributed by atoms with Crippen LogP contribution in [0.25, 0.3) is 0 Å². The summed E-state index contributed by atoms with van der Waals surface area (Å²) < 4.78 is 29.9. The summed E-state index contributed by atoms with van der Waals surface area (Å²) in [6, 6.07) is 9.48. The fraction of sp³-hybridized carbons (Fsp3) is 0.429. The zero-order chi connectivity index (χ0) is 20.1. The third-order valence-electron chi connectivity index (χ3n) is 5.05. The number of furan rings is 1. The topological polar surface area (TPSA) is 69.0 Å². The van der Waals surface area contributed by atoms with Crippen LogP contribution in [0.2, 0.25) is 0 Å². The summed E-state index contributed by atoms with van der Waals surface area (Å²) in [6.07, 6.45) is 1.30. The summed E-state index contributed by atoms with van der Waals surface area (Å²) in [7, 11) is 1.45. The van der Waals surface area contributed by atoms with Crippen LogP contribution in [0.5, 0.6) is 5.95 Å². The lowest BCUT2D eigenvalue weighted by Gasteiger charge is -2.40. The zero-order valence-corrected chi connectivity index (χ0v) is 16.1. The Bertz CT molecular complexity index is 849. The Hall–Kier alpha value is -2.83. The highest BCUT2D eigenvalue weighted by Crippen LogP contribution is 2.36. The quantitative estimate of drug-likeness (QED) is 0.708. The number of rotatable bonds is 6. The number of hydrogen-bond donors (Lipinski definition) is 0. The van der Waals surface area contributed by atoms with Crippen molar-refractivity contribution >= 4 is 11.9 Å². The van der Waals surface area contributed by atoms with Gasteiger partial charge in [0.15, 0.2) is 5.76 Å². The number of benzene rings is 1. The number of ether oxygens (including phenoxy) is 2. The fourth-order valence-corrected chi connectivity index (χ4v) is 3.68. The van der Waals surface area contributed by atoms with Crippen molar-refractivity contribution in [3.63, 3.8) is 0 Å². The van der Waals surface area contributed by atoms with E-state index in [1.807, 2.05) is 0 Å². The number of halogens is 1. The predicted octanol–water partition coefficient (Wildman–Crippen LogP) is 3.46. The molecule has 0 bridgehead atoms. The van der Waals surface area contributed by atoms with Crippen molar-refractivity contribution in [3.05, 3.63) is 53.5 Å². The van der Waals surface area contributed by atoms with Crippen LogP contribution in [0, 0.1) is 11.2 Å². The van der Waals surface area contributed by atoms with Gasteiger partial charge in [-0.2, -0.15) is 0 Å². The van der Waals surface area contributed by atoms with Crippen LogP contribution in [-0.4, -0.2) is 43.6 Å². The minimum atomic E-state index is -0.997. The maximum absolute atomic E-state index is 14.3. The van der Waals surface area contributed by atoms with Gasteiger partial charge in [0.05, 0.1) is 19.1 Å². The van der Waals surface area contributed by atoms with E-state index in [-0.39, 0.29) is 43.0 Å². The molecule has 1 aromatic carbocycles. The monoisotopic (exact) mass is 389 g/mol. The summed E-state index contributed by atoms with van der Waals surface area (Å²) >= 11 is 0. The Morgan fingerprint density at radius 3 is 2.71 bits per heavy atom. The molecule has 150 valence electrons. The van der Waals surface area contributed by atoms with Gasteiger partial charge < -0.3 is 18.8 Å². The Morgan fingerprint density at radius 2 is 2.04 bits per heavy atom. The van der Waals surface area contributed by atoms with Crippen molar-refractivity contribution in [1.29, 1.82) is 0 Å². The lowest BCUT2D eigenvalue weighted by molar-refractivity contribution is -0.158. The first-order chi connectivity index (χ1) is 13.5. The molecule has 1 atom stereocenters. The average Bonchev–Trinajstić information content (AvgIpc) is 3.19. The second-order valence-corrected chi connectivity index (χ2v) is 6.92.